The Kier molecular flexibility index (Phi) is 14.2. The number of hydrogen-bond donors (Lipinski definition) is 2. The van der Waals surface area contributed by atoms with E-state index in [0.717, 1.165) is 66.1 Å². The van der Waals surface area contributed by atoms with Gasteiger partial charge in [0.2, 0.25) is 17.7 Å². The molecule has 6 heterocycles. The lowest BCUT2D eigenvalue weighted by Gasteiger charge is -2.30. The Hall–Kier alpha value is -6.49. The van der Waals surface area contributed by atoms with Crippen LogP contribution in [0.3, 0.4) is 0 Å². The highest BCUT2D eigenvalue weighted by atomic mass is 35.5. The average molecular weight is 998 g/mol. The van der Waals surface area contributed by atoms with Gasteiger partial charge < -0.3 is 20.3 Å². The van der Waals surface area contributed by atoms with Gasteiger partial charge in [0, 0.05) is 45.9 Å². The molecule has 17 heteroatoms. The second-order valence-electron chi connectivity index (χ2n) is 18.8. The van der Waals surface area contributed by atoms with Crippen LogP contribution in [0, 0.1) is 39.5 Å². The fourth-order valence-electron chi connectivity index (χ4n) is 9.37. The van der Waals surface area contributed by atoms with Crippen LogP contribution in [0.5, 0.6) is 5.75 Å². The number of nitrogens with one attached hydrogen (secondary N) is 2. The molecule has 5 atom stereocenters. The fourth-order valence-corrected chi connectivity index (χ4v) is 11.5. The molecule has 1 saturated heterocycles. The van der Waals surface area contributed by atoms with E-state index in [1.807, 2.05) is 112 Å². The van der Waals surface area contributed by atoms with Crippen LogP contribution in [0.1, 0.15) is 97.1 Å². The van der Waals surface area contributed by atoms with Gasteiger partial charge in [-0.15, -0.1) is 32.9 Å². The van der Waals surface area contributed by atoms with E-state index in [0.29, 0.717) is 36.1 Å². The number of likely N-dealkylation sites (tertiary alicyclic amines) is 1. The van der Waals surface area contributed by atoms with Gasteiger partial charge >= 0.3 is 0 Å². The van der Waals surface area contributed by atoms with Gasteiger partial charge in [-0.1, -0.05) is 80.9 Å². The molecule has 2 aliphatic heterocycles. The van der Waals surface area contributed by atoms with Gasteiger partial charge in [0.05, 0.1) is 41.0 Å². The summed E-state index contributed by atoms with van der Waals surface area (Å²) < 4.78 is 10.1. The highest BCUT2D eigenvalue weighted by molar-refractivity contribution is 7.15. The number of hydrogen-bond acceptors (Lipinski definition) is 11. The summed E-state index contributed by atoms with van der Waals surface area (Å²) in [6, 6.07) is 21.7. The zero-order valence-electron chi connectivity index (χ0n) is 40.6. The predicted octanol–water partition coefficient (Wildman–Crippen LogP) is 9.82. The number of ether oxygens (including phenoxy) is 1. The Morgan fingerprint density at radius 2 is 1.67 bits per heavy atom. The molecule has 0 radical (unpaired) electrons. The number of rotatable bonds is 15. The van der Waals surface area contributed by atoms with Crippen molar-refractivity contribution in [2.24, 2.45) is 16.8 Å². The maximum atomic E-state index is 14.5. The average Bonchev–Trinajstić information content (AvgIpc) is 4.19. The van der Waals surface area contributed by atoms with Crippen molar-refractivity contribution in [3.05, 3.63) is 140 Å². The predicted molar refractivity (Wildman–Crippen MR) is 276 cm³/mol. The molecule has 0 unspecified atom stereocenters. The Morgan fingerprint density at radius 1 is 0.914 bits per heavy atom. The van der Waals surface area contributed by atoms with Crippen LogP contribution in [0.2, 0.25) is 5.02 Å². The van der Waals surface area contributed by atoms with Crippen LogP contribution in [0.15, 0.2) is 95.7 Å². The smallest absolute Gasteiger partial charge is 0.248 e. The summed E-state index contributed by atoms with van der Waals surface area (Å²) in [7, 11) is 0. The number of amides is 3. The van der Waals surface area contributed by atoms with E-state index in [9.17, 15) is 14.4 Å². The number of carbonyl (C=O) groups excluding carboxylic acids is 3. The molecule has 0 saturated carbocycles. The standard InChI is InChI=1S/C53H57ClN10O4S2/c1-29(2)48(52(67)62-26-30(3)20-44(62)51(66)56-24-36-12-14-38(15-13-36)49-33(6)57-28-69-49)63-27-40(25-58-63)39-10-9-11-42(21-39)68-31(4)23-55-45(65)22-43-50-61-60-35(8)64(50)53-46(32(5)34(7)70-53)47(59-43)37-16-18-41(54)19-17-37/h9-19,21,25,27-31,43-44,48H,20,22-24,26H2,1-8H3,(H,55,65)(H,56,66)/t30-,31+,43+,44+,48+/m1/s1. The summed E-state index contributed by atoms with van der Waals surface area (Å²) >= 11 is 9.56. The minimum absolute atomic E-state index is 0.0585. The largest absolute Gasteiger partial charge is 0.489 e. The monoisotopic (exact) mass is 996 g/mol. The van der Waals surface area contributed by atoms with Crippen molar-refractivity contribution in [3.8, 4) is 32.3 Å². The summed E-state index contributed by atoms with van der Waals surface area (Å²) in [6.07, 6.45) is 3.91. The summed E-state index contributed by atoms with van der Waals surface area (Å²) in [4.78, 5) is 55.6. The third-order valence-electron chi connectivity index (χ3n) is 13.1. The molecule has 2 aliphatic rings. The SMILES string of the molecule is Cc1ncsc1-c1ccc(CNC(=O)[C@@H]2C[C@@H](C)CN2C(=O)[C@H](C(C)C)n2cc(-c3cccc(O[C@@H](C)CNC(=O)C[C@@H]4N=C(c5ccc(Cl)cc5)c5c(sc(C)c5C)-n5c(C)nnc54)c3)cn2)cc1. The topological polar surface area (TPSA) is 162 Å². The molecule has 0 spiro atoms. The van der Waals surface area contributed by atoms with Crippen LogP contribution in [0.4, 0.5) is 0 Å². The minimum atomic E-state index is -0.616. The summed E-state index contributed by atoms with van der Waals surface area (Å²) in [5.41, 5.74) is 10.4. The Morgan fingerprint density at radius 3 is 2.40 bits per heavy atom. The van der Waals surface area contributed by atoms with Gasteiger partial charge in [-0.2, -0.15) is 5.10 Å². The van der Waals surface area contributed by atoms with Gasteiger partial charge in [-0.25, -0.2) is 4.98 Å². The third kappa shape index (κ3) is 10.1. The molecule has 9 rings (SSSR count). The first-order chi connectivity index (χ1) is 33.6. The number of nitrogens with zero attached hydrogens (tertiary/aromatic N) is 8. The number of benzene rings is 3. The van der Waals surface area contributed by atoms with E-state index in [4.69, 9.17) is 26.4 Å². The second-order valence-corrected chi connectivity index (χ2v) is 21.3. The first kappa shape index (κ1) is 48.5. The van der Waals surface area contributed by atoms with Crippen LogP contribution >= 0.6 is 34.3 Å². The van der Waals surface area contributed by atoms with Gasteiger partial charge in [0.25, 0.3) is 0 Å². The molecule has 1 fully saturated rings. The normalized spacial score (nSPS) is 17.4. The molecule has 70 heavy (non-hydrogen) atoms. The number of aliphatic imine (C=N–C) groups is 1. The molecule has 362 valence electrons. The van der Waals surface area contributed by atoms with Crippen molar-refractivity contribution in [2.75, 3.05) is 13.1 Å². The van der Waals surface area contributed by atoms with E-state index in [1.54, 1.807) is 38.5 Å². The number of aromatic nitrogens is 6. The molecule has 0 bridgehead atoms. The van der Waals surface area contributed by atoms with E-state index < -0.39 is 18.1 Å². The number of halogens is 1. The van der Waals surface area contributed by atoms with Gasteiger partial charge in [0.1, 0.15) is 40.8 Å². The zero-order chi connectivity index (χ0) is 49.4. The molecule has 4 aromatic heterocycles. The van der Waals surface area contributed by atoms with Gasteiger partial charge in [-0.3, -0.25) is 28.6 Å². The summed E-state index contributed by atoms with van der Waals surface area (Å²) in [5, 5.41) is 21.4. The Labute approximate surface area is 421 Å². The van der Waals surface area contributed by atoms with E-state index in [2.05, 4.69) is 58.7 Å². The van der Waals surface area contributed by atoms with Crippen LogP contribution in [0.25, 0.3) is 26.6 Å². The molecular weight excluding hydrogens is 940 g/mol. The zero-order valence-corrected chi connectivity index (χ0v) is 43.0. The second kappa shape index (κ2) is 20.5. The quantitative estimate of drug-likeness (QED) is 0.103. The molecule has 7 aromatic rings. The number of fused-ring (bicyclic) bond motifs is 3. The van der Waals surface area contributed by atoms with Crippen molar-refractivity contribution in [2.45, 2.75) is 99.0 Å². The molecular formula is C53H57ClN10O4S2. The lowest BCUT2D eigenvalue weighted by molar-refractivity contribution is -0.142. The third-order valence-corrected chi connectivity index (χ3v) is 15.5. The number of carbonyl (C=O) groups is 3. The number of thiazole rings is 1. The lowest BCUT2D eigenvalue weighted by atomic mass is 9.99. The molecule has 14 nitrogen and oxygen atoms in total. The van der Waals surface area contributed by atoms with Crippen molar-refractivity contribution < 1.29 is 19.1 Å². The fraction of sp³-hybridized carbons (Fsp3) is 0.358. The number of aryl methyl sites for hydroxylation is 3. The van der Waals surface area contributed by atoms with Crippen LogP contribution < -0.4 is 15.4 Å². The van der Waals surface area contributed by atoms with Crippen molar-refractivity contribution >= 4 is 57.7 Å². The van der Waals surface area contributed by atoms with E-state index in [1.165, 1.54) is 4.88 Å². The first-order valence-corrected chi connectivity index (χ1v) is 25.7. The molecule has 3 aromatic carbocycles. The summed E-state index contributed by atoms with van der Waals surface area (Å²) in [6.45, 7) is 17.2. The first-order valence-electron chi connectivity index (χ1n) is 23.6. The maximum Gasteiger partial charge on any atom is 0.248 e. The molecule has 2 N–H and O–H groups in total. The van der Waals surface area contributed by atoms with Gasteiger partial charge in [0.15, 0.2) is 5.82 Å². The Bertz CT molecular complexity index is 3080. The lowest BCUT2D eigenvalue weighted by Crippen LogP contribution is -2.48. The van der Waals surface area contributed by atoms with E-state index in [-0.39, 0.29) is 48.6 Å². The van der Waals surface area contributed by atoms with Gasteiger partial charge in [-0.05, 0) is 99.4 Å². The summed E-state index contributed by atoms with van der Waals surface area (Å²) in [5.74, 6) is 1.55. The highest BCUT2D eigenvalue weighted by Gasteiger charge is 2.42. The van der Waals surface area contributed by atoms with Crippen molar-refractivity contribution in [1.82, 2.24) is 45.1 Å². The highest BCUT2D eigenvalue weighted by Crippen LogP contribution is 2.40. The van der Waals surface area contributed by atoms with Crippen molar-refractivity contribution in [1.29, 1.82) is 0 Å². The van der Waals surface area contributed by atoms with Crippen LogP contribution in [-0.2, 0) is 20.9 Å². The van der Waals surface area contributed by atoms with Crippen LogP contribution in [-0.4, -0.2) is 83.1 Å². The molecule has 3 amide bonds. The maximum absolute atomic E-state index is 14.5. The van der Waals surface area contributed by atoms with Crippen molar-refractivity contribution in [3.63, 3.8) is 0 Å². The molecule has 0 aliphatic carbocycles. The number of thiophene rings is 1. The minimum Gasteiger partial charge on any atom is -0.489 e. The van der Waals surface area contributed by atoms with E-state index >= 15 is 0 Å². The Balaban J connectivity index is 0.831.